The highest BCUT2D eigenvalue weighted by molar-refractivity contribution is 9.10. The molecule has 17 heavy (non-hydrogen) atoms. The average Bonchev–Trinajstić information content (AvgIpc) is 2.69. The Labute approximate surface area is 111 Å². The van der Waals surface area contributed by atoms with Crippen LogP contribution < -0.4 is 5.32 Å². The number of aromatic nitrogens is 2. The largest absolute Gasteiger partial charge is 0.306 e. The van der Waals surface area contributed by atoms with Gasteiger partial charge in [-0.3, -0.25) is 4.79 Å². The maximum Gasteiger partial charge on any atom is 0.268 e. The van der Waals surface area contributed by atoms with Crippen LogP contribution in [0.2, 0.25) is 0 Å². The normalized spacial score (nSPS) is 10.3. The third-order valence-corrected chi connectivity index (χ3v) is 3.47. The molecule has 2 heterocycles. The summed E-state index contributed by atoms with van der Waals surface area (Å²) in [7, 11) is 0. The zero-order chi connectivity index (χ0) is 12.4. The van der Waals surface area contributed by atoms with Gasteiger partial charge in [0.1, 0.15) is 10.7 Å². The van der Waals surface area contributed by atoms with Crippen LogP contribution in [0.4, 0.5) is 5.82 Å². The number of halogens is 1. The summed E-state index contributed by atoms with van der Waals surface area (Å²) in [5.41, 5.74) is 0.911. The third-order valence-electron chi connectivity index (χ3n) is 2.12. The van der Waals surface area contributed by atoms with Crippen LogP contribution in [-0.2, 0) is 0 Å². The minimum Gasteiger partial charge on any atom is -0.306 e. The molecular formula is C11H10BrN3OS. The first-order chi connectivity index (χ1) is 8.06. The van der Waals surface area contributed by atoms with Crippen LogP contribution in [-0.4, -0.2) is 15.9 Å². The average molecular weight is 312 g/mol. The van der Waals surface area contributed by atoms with E-state index < -0.39 is 0 Å². The molecule has 0 aliphatic carbocycles. The van der Waals surface area contributed by atoms with Crippen molar-refractivity contribution in [3.63, 3.8) is 0 Å². The van der Waals surface area contributed by atoms with Gasteiger partial charge in [-0.25, -0.2) is 9.97 Å². The van der Waals surface area contributed by atoms with Gasteiger partial charge in [-0.1, -0.05) is 0 Å². The number of pyridine rings is 1. The molecule has 0 aromatic carbocycles. The Balaban J connectivity index is 2.18. The molecule has 0 bridgehead atoms. The van der Waals surface area contributed by atoms with Crippen molar-refractivity contribution in [3.05, 3.63) is 38.4 Å². The van der Waals surface area contributed by atoms with Crippen molar-refractivity contribution in [2.45, 2.75) is 13.8 Å². The van der Waals surface area contributed by atoms with E-state index in [1.165, 1.54) is 11.3 Å². The van der Waals surface area contributed by atoms with Crippen molar-refractivity contribution in [2.24, 2.45) is 0 Å². The van der Waals surface area contributed by atoms with Crippen molar-refractivity contribution in [1.29, 1.82) is 0 Å². The van der Waals surface area contributed by atoms with Crippen molar-refractivity contribution in [1.82, 2.24) is 9.97 Å². The quantitative estimate of drug-likeness (QED) is 0.926. The van der Waals surface area contributed by atoms with Gasteiger partial charge in [-0.15, -0.1) is 11.3 Å². The lowest BCUT2D eigenvalue weighted by Crippen LogP contribution is -2.12. The molecule has 0 spiro atoms. The van der Waals surface area contributed by atoms with Crippen LogP contribution >= 0.6 is 27.3 Å². The summed E-state index contributed by atoms with van der Waals surface area (Å²) in [6.45, 7) is 3.76. The summed E-state index contributed by atoms with van der Waals surface area (Å²) in [6, 6.07) is 1.90. The molecule has 0 radical (unpaired) electrons. The summed E-state index contributed by atoms with van der Waals surface area (Å²) in [5, 5.41) is 3.64. The predicted octanol–water partition coefficient (Wildman–Crippen LogP) is 3.17. The lowest BCUT2D eigenvalue weighted by molar-refractivity contribution is 0.103. The van der Waals surface area contributed by atoms with Gasteiger partial charge in [-0.05, 0) is 41.4 Å². The number of nitrogens with one attached hydrogen (secondary N) is 1. The number of hydrogen-bond acceptors (Lipinski definition) is 4. The van der Waals surface area contributed by atoms with E-state index in [2.05, 4.69) is 31.2 Å². The first-order valence-corrected chi connectivity index (χ1v) is 6.53. The Kier molecular flexibility index (Phi) is 3.54. The molecule has 4 nitrogen and oxygen atoms in total. The Hall–Kier alpha value is -1.27. The summed E-state index contributed by atoms with van der Waals surface area (Å²) < 4.78 is 0.890. The SMILES string of the molecule is Cc1ncc(C(=O)Nc2ncc(Br)cc2C)s1. The van der Waals surface area contributed by atoms with Crippen LogP contribution in [0.15, 0.2) is 22.9 Å². The van der Waals surface area contributed by atoms with Gasteiger partial charge < -0.3 is 5.32 Å². The summed E-state index contributed by atoms with van der Waals surface area (Å²) >= 11 is 4.69. The van der Waals surface area contributed by atoms with Crippen molar-refractivity contribution < 1.29 is 4.79 Å². The lowest BCUT2D eigenvalue weighted by Gasteiger charge is -2.05. The van der Waals surface area contributed by atoms with E-state index >= 15 is 0 Å². The third kappa shape index (κ3) is 2.89. The topological polar surface area (TPSA) is 54.9 Å². The number of nitrogens with zero attached hydrogens (tertiary/aromatic N) is 2. The minimum absolute atomic E-state index is 0.173. The summed E-state index contributed by atoms with van der Waals surface area (Å²) in [6.07, 6.45) is 3.23. The molecule has 0 saturated heterocycles. The molecule has 0 saturated carbocycles. The maximum absolute atomic E-state index is 11.9. The first kappa shape index (κ1) is 12.2. The molecule has 0 aliphatic rings. The van der Waals surface area contributed by atoms with Crippen molar-refractivity contribution >= 4 is 39.0 Å². The second-order valence-corrected chi connectivity index (χ2v) is 5.67. The molecule has 2 aromatic heterocycles. The number of anilines is 1. The highest BCUT2D eigenvalue weighted by atomic mass is 79.9. The van der Waals surface area contributed by atoms with E-state index in [1.54, 1.807) is 12.4 Å². The van der Waals surface area contributed by atoms with Gasteiger partial charge in [-0.2, -0.15) is 0 Å². The standard InChI is InChI=1S/C11H10BrN3OS/c1-6-3-8(12)4-14-10(6)15-11(16)9-5-13-7(2)17-9/h3-5H,1-2H3,(H,14,15,16). The zero-order valence-corrected chi connectivity index (χ0v) is 11.7. The molecule has 6 heteroatoms. The molecule has 1 amide bonds. The second-order valence-electron chi connectivity index (χ2n) is 3.52. The van der Waals surface area contributed by atoms with Gasteiger partial charge in [0, 0.05) is 10.7 Å². The molecule has 0 atom stereocenters. The Morgan fingerprint density at radius 2 is 2.12 bits per heavy atom. The van der Waals surface area contributed by atoms with E-state index in [-0.39, 0.29) is 5.91 Å². The Morgan fingerprint density at radius 1 is 1.35 bits per heavy atom. The summed E-state index contributed by atoms with van der Waals surface area (Å²) in [4.78, 5) is 20.7. The summed E-state index contributed by atoms with van der Waals surface area (Å²) in [5.74, 6) is 0.401. The molecule has 1 N–H and O–H groups in total. The van der Waals surface area contributed by atoms with Gasteiger partial charge in [0.05, 0.1) is 11.2 Å². The highest BCUT2D eigenvalue weighted by Gasteiger charge is 2.11. The molecule has 2 rings (SSSR count). The number of rotatable bonds is 2. The van der Waals surface area contributed by atoms with Crippen molar-refractivity contribution in [3.8, 4) is 0 Å². The molecule has 0 fully saturated rings. The van der Waals surface area contributed by atoms with E-state index in [0.29, 0.717) is 10.7 Å². The maximum atomic E-state index is 11.9. The van der Waals surface area contributed by atoms with E-state index in [0.717, 1.165) is 15.0 Å². The van der Waals surface area contributed by atoms with E-state index in [9.17, 15) is 4.79 Å². The number of aryl methyl sites for hydroxylation is 2. The minimum atomic E-state index is -0.173. The van der Waals surface area contributed by atoms with Gasteiger partial charge in [0.15, 0.2) is 0 Å². The first-order valence-electron chi connectivity index (χ1n) is 4.92. The fourth-order valence-electron chi connectivity index (χ4n) is 1.31. The predicted molar refractivity (Wildman–Crippen MR) is 71.5 cm³/mol. The van der Waals surface area contributed by atoms with Crippen LogP contribution in [0.3, 0.4) is 0 Å². The van der Waals surface area contributed by atoms with Crippen LogP contribution in [0, 0.1) is 13.8 Å². The lowest BCUT2D eigenvalue weighted by atomic mass is 10.3. The monoisotopic (exact) mass is 311 g/mol. The highest BCUT2D eigenvalue weighted by Crippen LogP contribution is 2.19. The van der Waals surface area contributed by atoms with Gasteiger partial charge >= 0.3 is 0 Å². The van der Waals surface area contributed by atoms with Gasteiger partial charge in [0.2, 0.25) is 0 Å². The molecule has 88 valence electrons. The van der Waals surface area contributed by atoms with Crippen LogP contribution in [0.1, 0.15) is 20.2 Å². The fourth-order valence-corrected chi connectivity index (χ4v) is 2.43. The van der Waals surface area contributed by atoms with E-state index in [1.807, 2.05) is 19.9 Å². The number of carbonyl (C=O) groups is 1. The number of carbonyl (C=O) groups excluding carboxylic acids is 1. The molecular weight excluding hydrogens is 302 g/mol. The van der Waals surface area contributed by atoms with Crippen LogP contribution in [0.5, 0.6) is 0 Å². The van der Waals surface area contributed by atoms with E-state index in [4.69, 9.17) is 0 Å². The van der Waals surface area contributed by atoms with Crippen molar-refractivity contribution in [2.75, 3.05) is 5.32 Å². The number of hydrogen-bond donors (Lipinski definition) is 1. The number of amides is 1. The molecule has 0 unspecified atom stereocenters. The second kappa shape index (κ2) is 4.93. The zero-order valence-electron chi connectivity index (χ0n) is 9.32. The fraction of sp³-hybridized carbons (Fsp3) is 0.182. The molecule has 2 aromatic rings. The smallest absolute Gasteiger partial charge is 0.268 e. The molecule has 0 aliphatic heterocycles. The van der Waals surface area contributed by atoms with Gasteiger partial charge in [0.25, 0.3) is 5.91 Å². The number of thiazole rings is 1. The van der Waals surface area contributed by atoms with Crippen LogP contribution in [0.25, 0.3) is 0 Å². The Bertz CT molecular complexity index is 568. The Morgan fingerprint density at radius 3 is 2.71 bits per heavy atom.